The second-order valence-corrected chi connectivity index (χ2v) is 3.71. The summed E-state index contributed by atoms with van der Waals surface area (Å²) in [6.07, 6.45) is 3.12. The minimum Gasteiger partial charge on any atom is -0.326 e. The minimum absolute atomic E-state index is 0.0645. The molecule has 0 aromatic carbocycles. The number of rotatable bonds is 1. The van der Waals surface area contributed by atoms with Gasteiger partial charge < -0.3 is 5.73 Å². The number of hydrogen-bond acceptors (Lipinski definition) is 3. The van der Waals surface area contributed by atoms with E-state index in [0.717, 1.165) is 37.3 Å². The minimum atomic E-state index is 0.0645. The molecule has 0 radical (unpaired) electrons. The Balaban J connectivity index is 2.64. The standard InChI is InChI=1S/C10H15N3O/c1-7-8(6-11)10(14)13-5-3-2-4-9(13)12-7/h2-6,11H2,1H3. The van der Waals surface area contributed by atoms with Gasteiger partial charge in [0, 0.05) is 25.2 Å². The lowest BCUT2D eigenvalue weighted by Crippen LogP contribution is -2.32. The molecule has 0 aliphatic carbocycles. The highest BCUT2D eigenvalue weighted by molar-refractivity contribution is 5.18. The van der Waals surface area contributed by atoms with Gasteiger partial charge in [-0.15, -0.1) is 0 Å². The molecule has 0 saturated heterocycles. The van der Waals surface area contributed by atoms with E-state index in [-0.39, 0.29) is 12.1 Å². The second-order valence-electron chi connectivity index (χ2n) is 3.71. The van der Waals surface area contributed by atoms with Crippen LogP contribution in [-0.4, -0.2) is 9.55 Å². The first-order valence-corrected chi connectivity index (χ1v) is 5.03. The highest BCUT2D eigenvalue weighted by atomic mass is 16.1. The Hall–Kier alpha value is -1.16. The Bertz CT molecular complexity index is 409. The molecule has 2 heterocycles. The fraction of sp³-hybridized carbons (Fsp3) is 0.600. The van der Waals surface area contributed by atoms with E-state index in [1.165, 1.54) is 0 Å². The monoisotopic (exact) mass is 193 g/mol. The summed E-state index contributed by atoms with van der Waals surface area (Å²) in [6.45, 7) is 2.95. The van der Waals surface area contributed by atoms with Gasteiger partial charge in [0.2, 0.25) is 0 Å². The molecule has 0 unspecified atom stereocenters. The van der Waals surface area contributed by atoms with E-state index in [0.29, 0.717) is 5.56 Å². The van der Waals surface area contributed by atoms with Crippen molar-refractivity contribution in [3.05, 3.63) is 27.4 Å². The molecule has 0 amide bonds. The van der Waals surface area contributed by atoms with Crippen LogP contribution in [0, 0.1) is 6.92 Å². The number of fused-ring (bicyclic) bond motifs is 1. The average Bonchev–Trinajstić information content (AvgIpc) is 2.18. The SMILES string of the molecule is Cc1nc2n(c(=O)c1CN)CCCC2. The number of nitrogens with zero attached hydrogens (tertiary/aromatic N) is 2. The Morgan fingerprint density at radius 2 is 2.29 bits per heavy atom. The molecular weight excluding hydrogens is 178 g/mol. The van der Waals surface area contributed by atoms with Gasteiger partial charge >= 0.3 is 0 Å². The normalized spacial score (nSPS) is 15.3. The van der Waals surface area contributed by atoms with Crippen molar-refractivity contribution >= 4 is 0 Å². The molecule has 76 valence electrons. The molecular formula is C10H15N3O. The summed E-state index contributed by atoms with van der Waals surface area (Å²) in [5, 5.41) is 0. The summed E-state index contributed by atoms with van der Waals surface area (Å²) in [4.78, 5) is 16.3. The van der Waals surface area contributed by atoms with E-state index >= 15 is 0 Å². The first kappa shape index (κ1) is 9.40. The molecule has 1 aliphatic heterocycles. The van der Waals surface area contributed by atoms with Crippen molar-refractivity contribution in [1.29, 1.82) is 0 Å². The van der Waals surface area contributed by atoms with E-state index in [4.69, 9.17) is 5.73 Å². The number of nitrogens with two attached hydrogens (primary N) is 1. The van der Waals surface area contributed by atoms with Crippen molar-refractivity contribution < 1.29 is 0 Å². The lowest BCUT2D eigenvalue weighted by molar-refractivity contribution is 0.489. The van der Waals surface area contributed by atoms with E-state index in [2.05, 4.69) is 4.98 Å². The zero-order valence-electron chi connectivity index (χ0n) is 8.42. The third-order valence-corrected chi connectivity index (χ3v) is 2.78. The van der Waals surface area contributed by atoms with Crippen molar-refractivity contribution in [2.24, 2.45) is 5.73 Å². The molecule has 0 atom stereocenters. The van der Waals surface area contributed by atoms with Crippen LogP contribution in [0.3, 0.4) is 0 Å². The quantitative estimate of drug-likeness (QED) is 0.700. The zero-order valence-corrected chi connectivity index (χ0v) is 8.42. The summed E-state index contributed by atoms with van der Waals surface area (Å²) < 4.78 is 1.78. The first-order valence-electron chi connectivity index (χ1n) is 5.03. The summed E-state index contributed by atoms with van der Waals surface area (Å²) in [7, 11) is 0. The van der Waals surface area contributed by atoms with Gasteiger partial charge in [-0.25, -0.2) is 4.98 Å². The lowest BCUT2D eigenvalue weighted by Gasteiger charge is -2.18. The molecule has 0 fully saturated rings. The van der Waals surface area contributed by atoms with Gasteiger partial charge in [-0.3, -0.25) is 9.36 Å². The van der Waals surface area contributed by atoms with Crippen LogP contribution < -0.4 is 11.3 Å². The van der Waals surface area contributed by atoms with Gasteiger partial charge in [-0.05, 0) is 19.8 Å². The number of aromatic nitrogens is 2. The molecule has 2 rings (SSSR count). The summed E-state index contributed by atoms with van der Waals surface area (Å²) in [5.74, 6) is 0.927. The Labute approximate surface area is 82.8 Å². The average molecular weight is 193 g/mol. The predicted octanol–water partition coefficient (Wildman–Crippen LogP) is 0.347. The van der Waals surface area contributed by atoms with E-state index < -0.39 is 0 Å². The predicted molar refractivity (Wildman–Crippen MR) is 54.1 cm³/mol. The van der Waals surface area contributed by atoms with Crippen molar-refractivity contribution in [3.8, 4) is 0 Å². The van der Waals surface area contributed by atoms with Crippen LogP contribution in [0.15, 0.2) is 4.79 Å². The van der Waals surface area contributed by atoms with Crippen LogP contribution in [0.1, 0.15) is 29.9 Å². The molecule has 0 bridgehead atoms. The fourth-order valence-corrected chi connectivity index (χ4v) is 1.97. The summed E-state index contributed by atoms with van der Waals surface area (Å²) >= 11 is 0. The maximum absolute atomic E-state index is 11.9. The van der Waals surface area contributed by atoms with Gasteiger partial charge in [0.05, 0.1) is 5.56 Å². The molecule has 1 aliphatic rings. The highest BCUT2D eigenvalue weighted by Crippen LogP contribution is 2.11. The van der Waals surface area contributed by atoms with Crippen LogP contribution >= 0.6 is 0 Å². The second kappa shape index (κ2) is 3.53. The Morgan fingerprint density at radius 3 is 3.00 bits per heavy atom. The number of hydrogen-bond donors (Lipinski definition) is 1. The Kier molecular flexibility index (Phi) is 2.37. The van der Waals surface area contributed by atoms with Gasteiger partial charge in [-0.1, -0.05) is 0 Å². The maximum atomic E-state index is 11.9. The smallest absolute Gasteiger partial charge is 0.258 e. The molecule has 14 heavy (non-hydrogen) atoms. The third-order valence-electron chi connectivity index (χ3n) is 2.78. The zero-order chi connectivity index (χ0) is 10.1. The van der Waals surface area contributed by atoms with Crippen molar-refractivity contribution in [2.75, 3.05) is 0 Å². The van der Waals surface area contributed by atoms with Gasteiger partial charge in [0.25, 0.3) is 5.56 Å². The van der Waals surface area contributed by atoms with Crippen LogP contribution in [0.2, 0.25) is 0 Å². The lowest BCUT2D eigenvalue weighted by atomic mass is 10.1. The van der Waals surface area contributed by atoms with Gasteiger partial charge in [0.1, 0.15) is 5.82 Å². The topological polar surface area (TPSA) is 60.9 Å². The molecule has 2 N–H and O–H groups in total. The van der Waals surface area contributed by atoms with Crippen LogP contribution in [0.4, 0.5) is 0 Å². The van der Waals surface area contributed by atoms with Crippen LogP contribution in [-0.2, 0) is 19.5 Å². The highest BCUT2D eigenvalue weighted by Gasteiger charge is 2.15. The van der Waals surface area contributed by atoms with Crippen LogP contribution in [0.25, 0.3) is 0 Å². The van der Waals surface area contributed by atoms with E-state index in [9.17, 15) is 4.79 Å². The molecule has 4 heteroatoms. The molecule has 1 aromatic rings. The van der Waals surface area contributed by atoms with Crippen molar-refractivity contribution in [1.82, 2.24) is 9.55 Å². The van der Waals surface area contributed by atoms with E-state index in [1.807, 2.05) is 6.92 Å². The fourth-order valence-electron chi connectivity index (χ4n) is 1.97. The third kappa shape index (κ3) is 1.35. The molecule has 0 spiro atoms. The molecule has 0 saturated carbocycles. The maximum Gasteiger partial charge on any atom is 0.258 e. The van der Waals surface area contributed by atoms with Gasteiger partial charge in [0.15, 0.2) is 0 Å². The summed E-state index contributed by atoms with van der Waals surface area (Å²) in [6, 6.07) is 0. The van der Waals surface area contributed by atoms with E-state index in [1.54, 1.807) is 4.57 Å². The molecule has 1 aromatic heterocycles. The van der Waals surface area contributed by atoms with Crippen molar-refractivity contribution in [3.63, 3.8) is 0 Å². The van der Waals surface area contributed by atoms with Gasteiger partial charge in [-0.2, -0.15) is 0 Å². The van der Waals surface area contributed by atoms with Crippen LogP contribution in [0.5, 0.6) is 0 Å². The Morgan fingerprint density at radius 1 is 1.50 bits per heavy atom. The largest absolute Gasteiger partial charge is 0.326 e. The molecule has 4 nitrogen and oxygen atoms in total. The summed E-state index contributed by atoms with van der Waals surface area (Å²) in [5.41, 5.74) is 7.06. The van der Waals surface area contributed by atoms with Crippen molar-refractivity contribution in [2.45, 2.75) is 39.3 Å². The number of aryl methyl sites for hydroxylation is 2. The first-order chi connectivity index (χ1) is 6.74.